The Kier molecular flexibility index (Phi) is 4.72. The van der Waals surface area contributed by atoms with Gasteiger partial charge in [-0.05, 0) is 31.9 Å². The average molecular weight is 409 g/mol. The average Bonchev–Trinajstić information content (AvgIpc) is 3.31. The number of nitrogens with zero attached hydrogens (tertiary/aromatic N) is 5. The summed E-state index contributed by atoms with van der Waals surface area (Å²) in [5.41, 5.74) is 11.6. The predicted molar refractivity (Wildman–Crippen MR) is 115 cm³/mol. The number of aromatic nitrogens is 4. The molecule has 0 bridgehead atoms. The molecule has 30 heavy (non-hydrogen) atoms. The van der Waals surface area contributed by atoms with Crippen LogP contribution in [-0.4, -0.2) is 57.0 Å². The summed E-state index contributed by atoms with van der Waals surface area (Å²) in [7, 11) is 1.98. The number of ether oxygens (including phenoxy) is 1. The van der Waals surface area contributed by atoms with Crippen LogP contribution < -0.4 is 10.6 Å². The van der Waals surface area contributed by atoms with Crippen molar-refractivity contribution < 1.29 is 9.84 Å². The first kappa shape index (κ1) is 19.4. The molecule has 0 aliphatic carbocycles. The third-order valence-corrected chi connectivity index (χ3v) is 6.80. The van der Waals surface area contributed by atoms with E-state index in [1.54, 1.807) is 6.33 Å². The Morgan fingerprint density at radius 1 is 1.27 bits per heavy atom. The largest absolute Gasteiger partial charge is 0.390 e. The molecule has 0 unspecified atom stereocenters. The standard InChI is InChI=1S/C22H28N6O2/c1-14-20(15-3-4-16-18(9-15)27(2)13-24-16)26-17(10-29)21(25-14)28-7-5-22(6-8-28)12-30-11-19(22)23/h3-4,9,13,19,29H,5-8,10-12,23H2,1-2H3/t19-/m1/s1. The number of hydrogen-bond donors (Lipinski definition) is 2. The molecule has 1 aromatic carbocycles. The fourth-order valence-corrected chi connectivity index (χ4v) is 4.80. The highest BCUT2D eigenvalue weighted by atomic mass is 16.5. The number of imidazole rings is 1. The second kappa shape index (κ2) is 7.30. The van der Waals surface area contributed by atoms with Crippen LogP contribution in [0.1, 0.15) is 24.2 Å². The molecule has 2 aromatic heterocycles. The van der Waals surface area contributed by atoms with Crippen LogP contribution in [0.15, 0.2) is 24.5 Å². The van der Waals surface area contributed by atoms with Crippen molar-refractivity contribution in [2.75, 3.05) is 31.2 Å². The normalized spacial score (nSPS) is 21.1. The second-order valence-corrected chi connectivity index (χ2v) is 8.62. The van der Waals surface area contributed by atoms with E-state index >= 15 is 0 Å². The molecule has 3 aromatic rings. The number of anilines is 1. The zero-order valence-electron chi connectivity index (χ0n) is 17.5. The summed E-state index contributed by atoms with van der Waals surface area (Å²) in [6.07, 6.45) is 3.75. The maximum atomic E-state index is 10.1. The minimum atomic E-state index is -0.145. The smallest absolute Gasteiger partial charge is 0.153 e. The molecule has 2 fully saturated rings. The van der Waals surface area contributed by atoms with Crippen molar-refractivity contribution >= 4 is 16.9 Å². The first-order chi connectivity index (χ1) is 14.5. The summed E-state index contributed by atoms with van der Waals surface area (Å²) in [5.74, 6) is 0.780. The molecule has 3 N–H and O–H groups in total. The monoisotopic (exact) mass is 408 g/mol. The number of aliphatic hydroxyl groups is 1. The van der Waals surface area contributed by atoms with E-state index in [2.05, 4.69) is 16.0 Å². The van der Waals surface area contributed by atoms with Crippen molar-refractivity contribution in [1.29, 1.82) is 0 Å². The number of piperidine rings is 1. The van der Waals surface area contributed by atoms with Crippen molar-refractivity contribution in [3.05, 3.63) is 35.9 Å². The summed E-state index contributed by atoms with van der Waals surface area (Å²) in [4.78, 5) is 16.3. The summed E-state index contributed by atoms with van der Waals surface area (Å²) in [6, 6.07) is 6.19. The maximum absolute atomic E-state index is 10.1. The van der Waals surface area contributed by atoms with Gasteiger partial charge in [0.15, 0.2) is 5.82 Å². The lowest BCUT2D eigenvalue weighted by molar-refractivity contribution is 0.131. The molecule has 158 valence electrons. The molecule has 1 spiro atoms. The second-order valence-electron chi connectivity index (χ2n) is 8.62. The molecular formula is C22H28N6O2. The number of rotatable bonds is 3. The van der Waals surface area contributed by atoms with Gasteiger partial charge in [-0.1, -0.05) is 6.07 Å². The number of benzene rings is 1. The molecule has 8 nitrogen and oxygen atoms in total. The molecule has 8 heteroatoms. The Morgan fingerprint density at radius 3 is 2.77 bits per heavy atom. The predicted octanol–water partition coefficient (Wildman–Crippen LogP) is 1.78. The molecule has 0 saturated carbocycles. The Hall–Kier alpha value is -2.55. The Morgan fingerprint density at radius 2 is 2.07 bits per heavy atom. The number of fused-ring (bicyclic) bond motifs is 1. The summed E-state index contributed by atoms with van der Waals surface area (Å²) in [5, 5.41) is 10.1. The van der Waals surface area contributed by atoms with Crippen molar-refractivity contribution in [3.8, 4) is 11.3 Å². The van der Waals surface area contributed by atoms with Gasteiger partial charge in [-0.2, -0.15) is 0 Å². The van der Waals surface area contributed by atoms with Gasteiger partial charge in [-0.25, -0.2) is 15.0 Å². The van der Waals surface area contributed by atoms with Gasteiger partial charge in [0.05, 0.1) is 48.6 Å². The van der Waals surface area contributed by atoms with Crippen LogP contribution in [0.2, 0.25) is 0 Å². The minimum Gasteiger partial charge on any atom is -0.390 e. The van der Waals surface area contributed by atoms with Crippen molar-refractivity contribution in [3.63, 3.8) is 0 Å². The van der Waals surface area contributed by atoms with E-state index in [9.17, 15) is 5.11 Å². The molecule has 1 atom stereocenters. The lowest BCUT2D eigenvalue weighted by Crippen LogP contribution is -2.49. The van der Waals surface area contributed by atoms with E-state index in [0.717, 1.165) is 66.3 Å². The van der Waals surface area contributed by atoms with Gasteiger partial charge in [0, 0.05) is 37.2 Å². The fraction of sp³-hybridized carbons (Fsp3) is 0.500. The summed E-state index contributed by atoms with van der Waals surface area (Å²) in [6.45, 7) is 4.92. The zero-order valence-corrected chi connectivity index (χ0v) is 17.5. The van der Waals surface area contributed by atoms with Crippen LogP contribution in [0.5, 0.6) is 0 Å². The molecular weight excluding hydrogens is 380 g/mol. The van der Waals surface area contributed by atoms with Crippen LogP contribution in [0, 0.1) is 12.3 Å². The summed E-state index contributed by atoms with van der Waals surface area (Å²) >= 11 is 0. The molecule has 2 aliphatic rings. The first-order valence-corrected chi connectivity index (χ1v) is 10.5. The maximum Gasteiger partial charge on any atom is 0.153 e. The Bertz CT molecular complexity index is 1090. The van der Waals surface area contributed by atoms with Gasteiger partial charge < -0.3 is 25.0 Å². The van der Waals surface area contributed by atoms with Crippen LogP contribution >= 0.6 is 0 Å². The van der Waals surface area contributed by atoms with Crippen LogP contribution in [0.3, 0.4) is 0 Å². The Labute approximate surface area is 175 Å². The van der Waals surface area contributed by atoms with Crippen molar-refractivity contribution in [2.45, 2.75) is 32.4 Å². The van der Waals surface area contributed by atoms with E-state index in [-0.39, 0.29) is 18.1 Å². The van der Waals surface area contributed by atoms with E-state index in [1.807, 2.05) is 30.7 Å². The molecule has 2 saturated heterocycles. The van der Waals surface area contributed by atoms with Gasteiger partial charge in [-0.3, -0.25) is 0 Å². The van der Waals surface area contributed by atoms with Crippen LogP contribution in [-0.2, 0) is 18.4 Å². The molecule has 5 rings (SSSR count). The van der Waals surface area contributed by atoms with Crippen molar-refractivity contribution in [1.82, 2.24) is 19.5 Å². The van der Waals surface area contributed by atoms with E-state index in [4.69, 9.17) is 20.4 Å². The zero-order chi connectivity index (χ0) is 20.9. The van der Waals surface area contributed by atoms with Gasteiger partial charge in [-0.15, -0.1) is 0 Å². The molecule has 2 aliphatic heterocycles. The third kappa shape index (κ3) is 3.07. The van der Waals surface area contributed by atoms with Gasteiger partial charge >= 0.3 is 0 Å². The lowest BCUT2D eigenvalue weighted by atomic mass is 9.75. The number of hydrogen-bond acceptors (Lipinski definition) is 7. The Balaban J connectivity index is 1.46. The number of nitrogens with two attached hydrogens (primary N) is 1. The SMILES string of the molecule is Cc1nc(N2CCC3(CC2)COC[C@H]3N)c(CO)nc1-c1ccc2ncn(C)c2c1. The highest BCUT2D eigenvalue weighted by molar-refractivity contribution is 5.81. The third-order valence-electron chi connectivity index (χ3n) is 6.80. The highest BCUT2D eigenvalue weighted by Crippen LogP contribution is 2.40. The van der Waals surface area contributed by atoms with E-state index in [1.165, 1.54) is 0 Å². The van der Waals surface area contributed by atoms with Crippen LogP contribution in [0.25, 0.3) is 22.3 Å². The van der Waals surface area contributed by atoms with Gasteiger partial charge in [0.1, 0.15) is 5.69 Å². The van der Waals surface area contributed by atoms with Gasteiger partial charge in [0.25, 0.3) is 0 Å². The van der Waals surface area contributed by atoms with Crippen molar-refractivity contribution in [2.24, 2.45) is 18.2 Å². The number of aryl methyl sites for hydroxylation is 2. The lowest BCUT2D eigenvalue weighted by Gasteiger charge is -2.41. The highest BCUT2D eigenvalue weighted by Gasteiger charge is 2.44. The quantitative estimate of drug-likeness (QED) is 0.681. The minimum absolute atomic E-state index is 0.0802. The van der Waals surface area contributed by atoms with E-state index < -0.39 is 0 Å². The van der Waals surface area contributed by atoms with Gasteiger partial charge in [0.2, 0.25) is 0 Å². The van der Waals surface area contributed by atoms with E-state index in [0.29, 0.717) is 12.3 Å². The van der Waals surface area contributed by atoms with Crippen LogP contribution in [0.4, 0.5) is 5.82 Å². The summed E-state index contributed by atoms with van der Waals surface area (Å²) < 4.78 is 7.63. The fourth-order valence-electron chi connectivity index (χ4n) is 4.80. The first-order valence-electron chi connectivity index (χ1n) is 10.5. The molecule has 4 heterocycles. The number of aliphatic hydroxyl groups excluding tert-OH is 1. The molecule has 0 amide bonds. The topological polar surface area (TPSA) is 102 Å². The molecule has 0 radical (unpaired) electrons.